The van der Waals surface area contributed by atoms with Gasteiger partial charge in [-0.25, -0.2) is 0 Å². The second-order valence-electron chi connectivity index (χ2n) is 10.2. The van der Waals surface area contributed by atoms with Gasteiger partial charge in [0.2, 0.25) is 5.91 Å². The van der Waals surface area contributed by atoms with E-state index in [4.69, 9.17) is 0 Å². The van der Waals surface area contributed by atoms with Gasteiger partial charge in [-0.15, -0.1) is 0 Å². The highest BCUT2D eigenvalue weighted by Gasteiger charge is 2.61. The van der Waals surface area contributed by atoms with Crippen LogP contribution in [0, 0.1) is 24.2 Å². The van der Waals surface area contributed by atoms with Crippen molar-refractivity contribution < 1.29 is 9.90 Å². The van der Waals surface area contributed by atoms with Gasteiger partial charge in [-0.1, -0.05) is 29.8 Å². The van der Waals surface area contributed by atoms with Gasteiger partial charge in [0.25, 0.3) is 0 Å². The highest BCUT2D eigenvalue weighted by molar-refractivity contribution is 5.84. The van der Waals surface area contributed by atoms with Crippen LogP contribution in [-0.2, 0) is 10.2 Å². The van der Waals surface area contributed by atoms with Crippen LogP contribution in [0.5, 0.6) is 0 Å². The molecule has 152 valence electrons. The third kappa shape index (κ3) is 3.00. The first kappa shape index (κ1) is 18.6. The van der Waals surface area contributed by atoms with E-state index in [0.29, 0.717) is 5.91 Å². The second-order valence-corrected chi connectivity index (χ2v) is 10.2. The predicted molar refractivity (Wildman–Crippen MR) is 110 cm³/mol. The number of β-amino-alcohol motifs (C(OH)–C–C–N with tert-alkyl or cyclic N) is 1. The van der Waals surface area contributed by atoms with Crippen molar-refractivity contribution in [3.63, 3.8) is 0 Å². The van der Waals surface area contributed by atoms with Crippen LogP contribution < -0.4 is 0 Å². The summed E-state index contributed by atoms with van der Waals surface area (Å²) in [6.07, 6.45) is 7.20. The number of benzene rings is 1. The number of rotatable bonds is 4. The molecular weight excluding hydrogens is 348 g/mol. The average Bonchev–Trinajstić information content (AvgIpc) is 2.68. The minimum Gasteiger partial charge on any atom is -0.395 e. The highest BCUT2D eigenvalue weighted by atomic mass is 16.3. The molecule has 2 atom stereocenters. The predicted octanol–water partition coefficient (Wildman–Crippen LogP) is 2.97. The first-order valence-corrected chi connectivity index (χ1v) is 11.2. The maximum atomic E-state index is 13.8. The fraction of sp³-hybridized carbons (Fsp3) is 0.708. The first-order chi connectivity index (χ1) is 13.5. The minimum absolute atomic E-state index is 0.117. The summed E-state index contributed by atoms with van der Waals surface area (Å²) >= 11 is 0. The first-order valence-electron chi connectivity index (χ1n) is 11.2. The van der Waals surface area contributed by atoms with Crippen molar-refractivity contribution in [2.75, 3.05) is 39.3 Å². The molecule has 6 rings (SSSR count). The Morgan fingerprint density at radius 2 is 1.68 bits per heavy atom. The second kappa shape index (κ2) is 6.84. The molecule has 5 aliphatic rings. The van der Waals surface area contributed by atoms with Gasteiger partial charge in [0.15, 0.2) is 0 Å². The number of aliphatic hydroxyl groups excluding tert-OH is 1. The van der Waals surface area contributed by atoms with Crippen LogP contribution >= 0.6 is 0 Å². The van der Waals surface area contributed by atoms with Crippen LogP contribution in [-0.4, -0.2) is 60.1 Å². The van der Waals surface area contributed by atoms with E-state index < -0.39 is 0 Å². The molecule has 1 heterocycles. The molecule has 1 aliphatic heterocycles. The number of amides is 1. The van der Waals surface area contributed by atoms with Crippen LogP contribution in [0.2, 0.25) is 0 Å². The Labute approximate surface area is 168 Å². The number of nitrogens with zero attached hydrogens (tertiary/aromatic N) is 2. The molecule has 1 aromatic rings. The molecular formula is C24H34N2O2. The largest absolute Gasteiger partial charge is 0.395 e. The topological polar surface area (TPSA) is 43.8 Å². The van der Waals surface area contributed by atoms with E-state index in [-0.39, 0.29) is 17.4 Å². The lowest BCUT2D eigenvalue weighted by Crippen LogP contribution is -2.61. The molecule has 1 saturated heterocycles. The average molecular weight is 383 g/mol. The lowest BCUT2D eigenvalue weighted by molar-refractivity contribution is -0.162. The molecule has 0 radical (unpaired) electrons. The van der Waals surface area contributed by atoms with Gasteiger partial charge >= 0.3 is 0 Å². The standard InChI is InChI=1S/C24H34N2O2/c1-18-2-4-21(5-3-18)23-13-19-12-20(14-23)16-24(15-19,17-23)22(28)26-8-6-25(7-9-26)10-11-27/h2-5,19-20,27H,6-17H2,1H3. The van der Waals surface area contributed by atoms with Crippen LogP contribution in [0.4, 0.5) is 0 Å². The Balaban J connectivity index is 1.39. The summed E-state index contributed by atoms with van der Waals surface area (Å²) in [4.78, 5) is 18.2. The summed E-state index contributed by atoms with van der Waals surface area (Å²) in [6, 6.07) is 9.19. The Kier molecular flexibility index (Phi) is 4.55. The Morgan fingerprint density at radius 3 is 2.29 bits per heavy atom. The van der Waals surface area contributed by atoms with E-state index in [1.54, 1.807) is 0 Å². The number of hydrogen-bond acceptors (Lipinski definition) is 3. The molecule has 4 aliphatic carbocycles. The Bertz CT molecular complexity index is 721. The summed E-state index contributed by atoms with van der Waals surface area (Å²) in [5.41, 5.74) is 2.91. The number of aliphatic hydroxyl groups is 1. The molecule has 4 heteroatoms. The van der Waals surface area contributed by atoms with Gasteiger partial charge in [-0.3, -0.25) is 9.69 Å². The molecule has 1 N–H and O–H groups in total. The molecule has 0 spiro atoms. The van der Waals surface area contributed by atoms with Crippen LogP contribution in [0.25, 0.3) is 0 Å². The summed E-state index contributed by atoms with van der Waals surface area (Å²) < 4.78 is 0. The van der Waals surface area contributed by atoms with E-state index in [0.717, 1.165) is 63.8 Å². The Hall–Kier alpha value is -1.39. The summed E-state index contributed by atoms with van der Waals surface area (Å²) in [7, 11) is 0. The van der Waals surface area contributed by atoms with Gasteiger partial charge in [-0.2, -0.15) is 0 Å². The van der Waals surface area contributed by atoms with Crippen molar-refractivity contribution in [3.05, 3.63) is 35.4 Å². The van der Waals surface area contributed by atoms with Crippen molar-refractivity contribution in [2.45, 2.75) is 50.9 Å². The lowest BCUT2D eigenvalue weighted by atomic mass is 9.42. The van der Waals surface area contributed by atoms with E-state index >= 15 is 0 Å². The third-order valence-electron chi connectivity index (χ3n) is 8.25. The van der Waals surface area contributed by atoms with E-state index in [1.807, 2.05) is 0 Å². The van der Waals surface area contributed by atoms with E-state index in [2.05, 4.69) is 41.0 Å². The summed E-state index contributed by atoms with van der Waals surface area (Å²) in [6.45, 7) is 6.55. The zero-order valence-electron chi connectivity index (χ0n) is 17.2. The van der Waals surface area contributed by atoms with Crippen molar-refractivity contribution in [2.24, 2.45) is 17.3 Å². The maximum Gasteiger partial charge on any atom is 0.228 e. The molecule has 1 amide bonds. The number of piperazine rings is 1. The quantitative estimate of drug-likeness (QED) is 0.871. The maximum absolute atomic E-state index is 13.8. The van der Waals surface area contributed by atoms with Crippen molar-refractivity contribution >= 4 is 5.91 Å². The number of aryl methyl sites for hydroxylation is 1. The van der Waals surface area contributed by atoms with Crippen molar-refractivity contribution in [1.29, 1.82) is 0 Å². The number of carbonyl (C=O) groups excluding carboxylic acids is 1. The van der Waals surface area contributed by atoms with Gasteiger partial charge in [0.05, 0.1) is 12.0 Å². The number of carbonyl (C=O) groups is 1. The van der Waals surface area contributed by atoms with Gasteiger partial charge in [0, 0.05) is 32.7 Å². The normalized spacial score (nSPS) is 37.4. The molecule has 4 saturated carbocycles. The van der Waals surface area contributed by atoms with Crippen molar-refractivity contribution in [1.82, 2.24) is 9.80 Å². The molecule has 2 unspecified atom stereocenters. The number of hydrogen-bond donors (Lipinski definition) is 1. The molecule has 4 bridgehead atoms. The summed E-state index contributed by atoms with van der Waals surface area (Å²) in [5, 5.41) is 9.18. The summed E-state index contributed by atoms with van der Waals surface area (Å²) in [5.74, 6) is 1.89. The van der Waals surface area contributed by atoms with Crippen LogP contribution in [0.3, 0.4) is 0 Å². The third-order valence-corrected chi connectivity index (χ3v) is 8.25. The molecule has 28 heavy (non-hydrogen) atoms. The minimum atomic E-state index is -0.117. The fourth-order valence-electron chi connectivity index (χ4n) is 7.41. The SMILES string of the molecule is Cc1ccc(C23CC4CC(CC(C(=O)N5CCN(CCO)CC5)(C4)C2)C3)cc1. The zero-order chi connectivity index (χ0) is 19.4. The Morgan fingerprint density at radius 1 is 1.04 bits per heavy atom. The molecule has 4 nitrogen and oxygen atoms in total. The van der Waals surface area contributed by atoms with Crippen molar-refractivity contribution in [3.8, 4) is 0 Å². The van der Waals surface area contributed by atoms with E-state index in [9.17, 15) is 9.90 Å². The lowest BCUT2D eigenvalue weighted by Gasteiger charge is -2.62. The highest BCUT2D eigenvalue weighted by Crippen LogP contribution is 2.66. The fourth-order valence-corrected chi connectivity index (χ4v) is 7.41. The van der Waals surface area contributed by atoms with Crippen LogP contribution in [0.15, 0.2) is 24.3 Å². The van der Waals surface area contributed by atoms with Gasteiger partial charge in [0.1, 0.15) is 0 Å². The zero-order valence-corrected chi connectivity index (χ0v) is 17.2. The molecule has 1 aromatic carbocycles. The van der Waals surface area contributed by atoms with Crippen LogP contribution in [0.1, 0.15) is 49.7 Å². The molecule has 0 aromatic heterocycles. The van der Waals surface area contributed by atoms with E-state index in [1.165, 1.54) is 30.4 Å². The smallest absolute Gasteiger partial charge is 0.228 e. The molecule has 5 fully saturated rings. The van der Waals surface area contributed by atoms with Gasteiger partial charge in [-0.05, 0) is 68.3 Å². The van der Waals surface area contributed by atoms with Gasteiger partial charge < -0.3 is 10.0 Å². The monoisotopic (exact) mass is 382 g/mol.